The number of piperidine rings is 1. The molecular formula is C20H21F6N7O2. The largest absolute Gasteiger partial charge is 0.477 e. The zero-order chi connectivity index (χ0) is 25.1. The molecule has 2 fully saturated rings. The number of hydrogen-bond donors (Lipinski definition) is 1. The average molecular weight is 505 g/mol. The maximum atomic E-state index is 13.6. The van der Waals surface area contributed by atoms with Gasteiger partial charge in [-0.25, -0.2) is 4.52 Å². The number of halogens is 6. The first kappa shape index (κ1) is 23.5. The number of nitrogens with zero attached hydrogens (tertiary/aromatic N) is 6. The van der Waals surface area contributed by atoms with Crippen molar-refractivity contribution < 1.29 is 35.6 Å². The van der Waals surface area contributed by atoms with E-state index in [1.807, 2.05) is 4.90 Å². The number of hydrogen-bond acceptors (Lipinski definition) is 8. The molecule has 5 rings (SSSR count). The topological polar surface area (TPSA) is 93.6 Å². The van der Waals surface area contributed by atoms with Crippen molar-refractivity contribution in [1.29, 1.82) is 0 Å². The van der Waals surface area contributed by atoms with Gasteiger partial charge in [-0.3, -0.25) is 0 Å². The minimum Gasteiger partial charge on any atom is -0.477 e. The van der Waals surface area contributed by atoms with Gasteiger partial charge in [0.05, 0.1) is 0 Å². The molecule has 1 saturated heterocycles. The van der Waals surface area contributed by atoms with Crippen molar-refractivity contribution in [2.45, 2.75) is 51.2 Å². The van der Waals surface area contributed by atoms with Crippen LogP contribution in [0.4, 0.5) is 38.3 Å². The molecule has 1 saturated carbocycles. The molecule has 0 amide bonds. The summed E-state index contributed by atoms with van der Waals surface area (Å²) in [5, 5.41) is 10.9. The summed E-state index contributed by atoms with van der Waals surface area (Å²) in [5.41, 5.74) is -1.63. The molecule has 4 atom stereocenters. The van der Waals surface area contributed by atoms with E-state index >= 15 is 0 Å². The van der Waals surface area contributed by atoms with Crippen molar-refractivity contribution in [3.05, 3.63) is 23.7 Å². The van der Waals surface area contributed by atoms with E-state index in [1.165, 1.54) is 0 Å². The lowest BCUT2D eigenvalue weighted by molar-refractivity contribution is -0.189. The molecule has 2 aliphatic rings. The Balaban J connectivity index is 1.42. The Bertz CT molecular complexity index is 1210. The third-order valence-corrected chi connectivity index (χ3v) is 6.42. The third kappa shape index (κ3) is 4.43. The minimum atomic E-state index is -4.80. The molecule has 1 N–H and O–H groups in total. The van der Waals surface area contributed by atoms with E-state index in [0.29, 0.717) is 35.5 Å². The Kier molecular flexibility index (Phi) is 5.47. The van der Waals surface area contributed by atoms with Gasteiger partial charge in [0.2, 0.25) is 5.95 Å². The number of nitrogens with one attached hydrogen (secondary N) is 1. The second-order valence-electron chi connectivity index (χ2n) is 8.85. The van der Waals surface area contributed by atoms with Gasteiger partial charge in [0.1, 0.15) is 5.69 Å². The monoisotopic (exact) mass is 505 g/mol. The average Bonchev–Trinajstić information content (AvgIpc) is 3.43. The third-order valence-electron chi connectivity index (χ3n) is 6.42. The highest BCUT2D eigenvalue weighted by molar-refractivity contribution is 5.57. The van der Waals surface area contributed by atoms with Gasteiger partial charge in [-0.2, -0.15) is 36.3 Å². The van der Waals surface area contributed by atoms with Gasteiger partial charge in [-0.1, -0.05) is 5.16 Å². The van der Waals surface area contributed by atoms with Gasteiger partial charge in [0.25, 0.3) is 0 Å². The van der Waals surface area contributed by atoms with Crippen molar-refractivity contribution in [2.75, 3.05) is 23.3 Å². The number of rotatable bonds is 5. The second-order valence-corrected chi connectivity index (χ2v) is 8.85. The van der Waals surface area contributed by atoms with Crippen LogP contribution in [0.15, 0.2) is 16.7 Å². The van der Waals surface area contributed by atoms with E-state index in [1.54, 1.807) is 6.92 Å². The Morgan fingerprint density at radius 1 is 1.09 bits per heavy atom. The fourth-order valence-corrected chi connectivity index (χ4v) is 4.74. The van der Waals surface area contributed by atoms with Gasteiger partial charge >= 0.3 is 18.4 Å². The number of anilines is 2. The summed E-state index contributed by atoms with van der Waals surface area (Å²) in [7, 11) is 0. The molecule has 0 unspecified atom stereocenters. The number of pyridine rings is 1. The molecule has 0 aromatic carbocycles. The van der Waals surface area contributed by atoms with E-state index in [0.717, 1.165) is 25.8 Å². The van der Waals surface area contributed by atoms with E-state index in [-0.39, 0.29) is 23.8 Å². The maximum Gasteiger partial charge on any atom is 0.433 e. The predicted octanol–water partition coefficient (Wildman–Crippen LogP) is 4.10. The van der Waals surface area contributed by atoms with Crippen LogP contribution in [0.25, 0.3) is 5.65 Å². The van der Waals surface area contributed by atoms with Crippen molar-refractivity contribution in [3.63, 3.8) is 0 Å². The highest BCUT2D eigenvalue weighted by Gasteiger charge is 2.44. The van der Waals surface area contributed by atoms with Crippen LogP contribution in [0, 0.1) is 18.8 Å². The lowest BCUT2D eigenvalue weighted by atomic mass is 9.92. The number of aryl methyl sites for hydroxylation is 1. The summed E-state index contributed by atoms with van der Waals surface area (Å²) in [5.74, 6) is 0.161. The van der Waals surface area contributed by atoms with Crippen LogP contribution in [0.3, 0.4) is 0 Å². The van der Waals surface area contributed by atoms with Crippen LogP contribution < -0.4 is 15.0 Å². The van der Waals surface area contributed by atoms with E-state index in [9.17, 15) is 26.3 Å². The fourth-order valence-electron chi connectivity index (χ4n) is 4.74. The summed E-state index contributed by atoms with van der Waals surface area (Å²) < 4.78 is 90.3. The SMILES string of the molecule is Cc1noc(N2C[C@H]3CC[C@@H](C2)[C@@H]3Nc2nc3c(O[C@H](C)C(F)(F)F)ccc(C(F)(F)F)n3n2)n1. The molecule has 15 heteroatoms. The first-order valence-corrected chi connectivity index (χ1v) is 10.9. The molecule has 1 aliphatic carbocycles. The lowest BCUT2D eigenvalue weighted by Crippen LogP contribution is -2.48. The fraction of sp³-hybridized carbons (Fsp3) is 0.600. The number of ether oxygens (including phenoxy) is 1. The molecule has 0 spiro atoms. The maximum absolute atomic E-state index is 13.6. The predicted molar refractivity (Wildman–Crippen MR) is 109 cm³/mol. The van der Waals surface area contributed by atoms with E-state index in [2.05, 4.69) is 25.5 Å². The van der Waals surface area contributed by atoms with Crippen LogP contribution in [-0.2, 0) is 6.18 Å². The van der Waals surface area contributed by atoms with Crippen molar-refractivity contribution in [3.8, 4) is 5.75 Å². The molecule has 35 heavy (non-hydrogen) atoms. The minimum absolute atomic E-state index is 0.107. The van der Waals surface area contributed by atoms with E-state index in [4.69, 9.17) is 9.26 Å². The number of fused-ring (bicyclic) bond motifs is 3. The van der Waals surface area contributed by atoms with E-state index < -0.39 is 35.5 Å². The quantitative estimate of drug-likeness (QED) is 0.519. The Morgan fingerprint density at radius 3 is 2.34 bits per heavy atom. The first-order valence-electron chi connectivity index (χ1n) is 10.9. The van der Waals surface area contributed by atoms with Crippen LogP contribution >= 0.6 is 0 Å². The Morgan fingerprint density at radius 2 is 1.77 bits per heavy atom. The molecule has 2 bridgehead atoms. The molecule has 0 radical (unpaired) electrons. The Labute approximate surface area is 194 Å². The molecule has 3 aromatic rings. The summed E-state index contributed by atoms with van der Waals surface area (Å²) in [4.78, 5) is 10.3. The van der Waals surface area contributed by atoms with Crippen molar-refractivity contribution in [1.82, 2.24) is 24.7 Å². The molecule has 4 heterocycles. The standard InChI is InChI=1S/C20H21F6N7O2/c1-9(19(21,22)23)34-13-5-6-14(20(24,25)26)33-16(13)29-17(30-33)28-15-11-3-4-12(15)8-32(7-11)18-27-10(2)31-35-18/h5-6,9,11-12,15H,3-4,7-8H2,1-2H3,(H,28,30)/t9-,11-,12+,15-/m1/s1. The van der Waals surface area contributed by atoms with Gasteiger partial charge in [-0.05, 0) is 50.7 Å². The van der Waals surface area contributed by atoms with Crippen LogP contribution in [-0.4, -0.2) is 56.2 Å². The zero-order valence-electron chi connectivity index (χ0n) is 18.6. The first-order chi connectivity index (χ1) is 16.4. The molecule has 1 aliphatic heterocycles. The summed E-state index contributed by atoms with van der Waals surface area (Å²) in [6.07, 6.45) is -10.0. The second kappa shape index (κ2) is 8.16. The zero-order valence-corrected chi connectivity index (χ0v) is 18.6. The van der Waals surface area contributed by atoms with Crippen LogP contribution in [0.2, 0.25) is 0 Å². The van der Waals surface area contributed by atoms with Gasteiger partial charge < -0.3 is 19.5 Å². The van der Waals surface area contributed by atoms with Gasteiger partial charge in [0, 0.05) is 19.1 Å². The van der Waals surface area contributed by atoms with Gasteiger partial charge in [-0.15, -0.1) is 5.10 Å². The molecule has 190 valence electrons. The smallest absolute Gasteiger partial charge is 0.433 e. The van der Waals surface area contributed by atoms with Crippen molar-refractivity contribution in [2.24, 2.45) is 11.8 Å². The lowest BCUT2D eigenvalue weighted by Gasteiger charge is -2.37. The number of alkyl halides is 6. The normalized spacial score (nSPS) is 23.7. The molecule has 9 nitrogen and oxygen atoms in total. The summed E-state index contributed by atoms with van der Waals surface area (Å²) in [6.45, 7) is 3.66. The highest BCUT2D eigenvalue weighted by Crippen LogP contribution is 2.40. The highest BCUT2D eigenvalue weighted by atomic mass is 19.4. The Hall–Kier alpha value is -3.26. The molecular weight excluding hydrogens is 484 g/mol. The van der Waals surface area contributed by atoms with Crippen LogP contribution in [0.5, 0.6) is 5.75 Å². The van der Waals surface area contributed by atoms with Crippen LogP contribution in [0.1, 0.15) is 31.3 Å². The van der Waals surface area contributed by atoms with Crippen molar-refractivity contribution >= 4 is 17.6 Å². The number of aromatic nitrogens is 5. The van der Waals surface area contributed by atoms with Gasteiger partial charge in [0.15, 0.2) is 23.3 Å². The molecule has 3 aromatic heterocycles. The summed E-state index contributed by atoms with van der Waals surface area (Å²) in [6, 6.07) is 1.73. The summed E-state index contributed by atoms with van der Waals surface area (Å²) >= 11 is 0.